The molecule has 1 aromatic carbocycles. The smallest absolute Gasteiger partial charge is 0.277 e. The van der Waals surface area contributed by atoms with Gasteiger partial charge >= 0.3 is 0 Å². The molecule has 1 aliphatic rings. The largest absolute Gasteiger partial charge is 0.320 e. The summed E-state index contributed by atoms with van der Waals surface area (Å²) in [5.41, 5.74) is 1.15. The molecular weight excluding hydrogens is 261 g/mol. The normalized spacial score (nSPS) is 14.9. The first-order valence-electron chi connectivity index (χ1n) is 6.33. The van der Waals surface area contributed by atoms with Gasteiger partial charge in [-0.1, -0.05) is 11.3 Å². The van der Waals surface area contributed by atoms with Gasteiger partial charge in [0.15, 0.2) is 5.69 Å². The molecule has 0 saturated carbocycles. The van der Waals surface area contributed by atoms with Crippen LogP contribution in [0.5, 0.6) is 0 Å². The van der Waals surface area contributed by atoms with E-state index in [4.69, 9.17) is 0 Å². The van der Waals surface area contributed by atoms with Crippen molar-refractivity contribution in [2.24, 2.45) is 0 Å². The number of hydrogen-bond donors (Lipinski definition) is 2. The van der Waals surface area contributed by atoms with Gasteiger partial charge in [0.2, 0.25) is 0 Å². The Balaban J connectivity index is 1.71. The Bertz CT molecular complexity index is 650. The zero-order chi connectivity index (χ0) is 14.1. The number of amides is 1. The van der Waals surface area contributed by atoms with Crippen LogP contribution >= 0.6 is 0 Å². The fourth-order valence-corrected chi connectivity index (χ4v) is 1.89. The highest BCUT2D eigenvalue weighted by molar-refractivity contribution is 6.02. The number of aryl methyl sites for hydroxylation is 1. The number of carbonyl (C=O) groups is 1. The third kappa shape index (κ3) is 2.39. The summed E-state index contributed by atoms with van der Waals surface area (Å²) in [6, 6.07) is 4.80. The average molecular weight is 275 g/mol. The van der Waals surface area contributed by atoms with Crippen LogP contribution < -0.4 is 10.6 Å². The van der Waals surface area contributed by atoms with Gasteiger partial charge in [0, 0.05) is 18.8 Å². The van der Waals surface area contributed by atoms with Crippen LogP contribution in [0.3, 0.4) is 0 Å². The lowest BCUT2D eigenvalue weighted by Crippen LogP contribution is -2.43. The van der Waals surface area contributed by atoms with Crippen LogP contribution in [0.15, 0.2) is 24.4 Å². The lowest BCUT2D eigenvalue weighted by molar-refractivity contribution is 0.102. The first-order valence-corrected chi connectivity index (χ1v) is 6.33. The predicted octanol–water partition coefficient (Wildman–Crippen LogP) is 1.12. The van der Waals surface area contributed by atoms with E-state index in [0.717, 1.165) is 13.1 Å². The molecule has 0 atom stereocenters. The molecule has 0 aliphatic carbocycles. The Morgan fingerprint density at radius 3 is 2.95 bits per heavy atom. The van der Waals surface area contributed by atoms with Crippen LogP contribution in [0, 0.1) is 12.7 Å². The molecule has 1 saturated heterocycles. The van der Waals surface area contributed by atoms with Gasteiger partial charge in [-0.05, 0) is 24.6 Å². The highest BCUT2D eigenvalue weighted by atomic mass is 19.1. The second kappa shape index (κ2) is 5.01. The Labute approximate surface area is 115 Å². The summed E-state index contributed by atoms with van der Waals surface area (Å²) in [4.78, 5) is 12.0. The van der Waals surface area contributed by atoms with Crippen LogP contribution in [0.25, 0.3) is 0 Å². The molecule has 6 nitrogen and oxygen atoms in total. The number of nitrogens with one attached hydrogen (secondary N) is 2. The molecule has 0 bridgehead atoms. The molecule has 3 rings (SSSR count). The second-order valence-electron chi connectivity index (χ2n) is 4.81. The molecule has 1 amide bonds. The number of carbonyl (C=O) groups excluding carboxylic acids is 1. The monoisotopic (exact) mass is 275 g/mol. The molecular formula is C13H14FN5O. The number of halogens is 1. The Morgan fingerprint density at radius 2 is 2.30 bits per heavy atom. The van der Waals surface area contributed by atoms with Crippen molar-refractivity contribution in [3.8, 4) is 0 Å². The molecule has 2 heterocycles. The Morgan fingerprint density at radius 1 is 1.50 bits per heavy atom. The summed E-state index contributed by atoms with van der Waals surface area (Å²) in [7, 11) is 0. The third-order valence-corrected chi connectivity index (χ3v) is 3.31. The topological polar surface area (TPSA) is 71.8 Å². The summed E-state index contributed by atoms with van der Waals surface area (Å²) in [6.07, 6.45) is 1.60. The van der Waals surface area contributed by atoms with Crippen LogP contribution in [-0.2, 0) is 0 Å². The fraction of sp³-hybridized carbons (Fsp3) is 0.308. The van der Waals surface area contributed by atoms with E-state index in [0.29, 0.717) is 11.3 Å². The van der Waals surface area contributed by atoms with Crippen LogP contribution in [0.4, 0.5) is 10.1 Å². The van der Waals surface area contributed by atoms with Crippen molar-refractivity contribution in [3.05, 3.63) is 41.5 Å². The Kier molecular flexibility index (Phi) is 3.19. The molecule has 2 N–H and O–H groups in total. The average Bonchev–Trinajstić information content (AvgIpc) is 2.81. The lowest BCUT2D eigenvalue weighted by atomic mass is 10.2. The summed E-state index contributed by atoms with van der Waals surface area (Å²) >= 11 is 0. The van der Waals surface area contributed by atoms with Gasteiger partial charge in [-0.3, -0.25) is 4.79 Å². The predicted molar refractivity (Wildman–Crippen MR) is 71.0 cm³/mol. The van der Waals surface area contributed by atoms with Crippen LogP contribution in [0.1, 0.15) is 22.1 Å². The van der Waals surface area contributed by atoms with Crippen molar-refractivity contribution in [2.45, 2.75) is 13.0 Å². The zero-order valence-electron chi connectivity index (χ0n) is 10.9. The SMILES string of the molecule is Cc1ccc(NC(=O)c2cn(C3CNC3)nn2)cc1F. The molecule has 0 unspecified atom stereocenters. The van der Waals surface area contributed by atoms with E-state index in [2.05, 4.69) is 20.9 Å². The summed E-state index contributed by atoms with van der Waals surface area (Å²) in [6.45, 7) is 3.32. The second-order valence-corrected chi connectivity index (χ2v) is 4.81. The molecule has 0 spiro atoms. The molecule has 1 fully saturated rings. The minimum absolute atomic E-state index is 0.220. The van der Waals surface area contributed by atoms with Gasteiger partial charge in [-0.2, -0.15) is 0 Å². The molecule has 2 aromatic rings. The van der Waals surface area contributed by atoms with Crippen molar-refractivity contribution < 1.29 is 9.18 Å². The number of benzene rings is 1. The van der Waals surface area contributed by atoms with Gasteiger partial charge in [0.1, 0.15) is 5.82 Å². The summed E-state index contributed by atoms with van der Waals surface area (Å²) in [5, 5.41) is 13.5. The minimum Gasteiger partial charge on any atom is -0.320 e. The van der Waals surface area contributed by atoms with Crippen molar-refractivity contribution in [1.29, 1.82) is 0 Å². The molecule has 104 valence electrons. The fourth-order valence-electron chi connectivity index (χ4n) is 1.89. The number of hydrogen-bond acceptors (Lipinski definition) is 4. The number of aromatic nitrogens is 3. The van der Waals surface area contributed by atoms with Crippen molar-refractivity contribution >= 4 is 11.6 Å². The highest BCUT2D eigenvalue weighted by Crippen LogP contribution is 2.15. The van der Waals surface area contributed by atoms with E-state index in [-0.39, 0.29) is 17.6 Å². The van der Waals surface area contributed by atoms with Gasteiger partial charge in [0.05, 0.1) is 12.2 Å². The minimum atomic E-state index is -0.396. The maximum atomic E-state index is 13.4. The molecule has 7 heteroatoms. The quantitative estimate of drug-likeness (QED) is 0.880. The first kappa shape index (κ1) is 12.7. The van der Waals surface area contributed by atoms with Gasteiger partial charge < -0.3 is 10.6 Å². The van der Waals surface area contributed by atoms with Crippen LogP contribution in [-0.4, -0.2) is 34.0 Å². The van der Waals surface area contributed by atoms with E-state index in [1.807, 2.05) is 0 Å². The van der Waals surface area contributed by atoms with Gasteiger partial charge in [0.25, 0.3) is 5.91 Å². The number of anilines is 1. The van der Waals surface area contributed by atoms with Gasteiger partial charge in [-0.15, -0.1) is 5.10 Å². The van der Waals surface area contributed by atoms with E-state index < -0.39 is 5.91 Å². The standard InChI is InChI=1S/C13H14FN5O/c1-8-2-3-9(4-11(8)14)16-13(20)12-7-19(18-17-12)10-5-15-6-10/h2-4,7,10,15H,5-6H2,1H3,(H,16,20). The van der Waals surface area contributed by atoms with Crippen molar-refractivity contribution in [1.82, 2.24) is 20.3 Å². The zero-order valence-corrected chi connectivity index (χ0v) is 10.9. The molecule has 0 radical (unpaired) electrons. The maximum Gasteiger partial charge on any atom is 0.277 e. The van der Waals surface area contributed by atoms with Gasteiger partial charge in [-0.25, -0.2) is 9.07 Å². The Hall–Kier alpha value is -2.28. The summed E-state index contributed by atoms with van der Waals surface area (Å²) < 4.78 is 15.1. The van der Waals surface area contributed by atoms with Crippen LogP contribution in [0.2, 0.25) is 0 Å². The first-order chi connectivity index (χ1) is 9.63. The number of rotatable bonds is 3. The third-order valence-electron chi connectivity index (χ3n) is 3.31. The maximum absolute atomic E-state index is 13.4. The van der Waals surface area contributed by atoms with Crippen molar-refractivity contribution in [3.63, 3.8) is 0 Å². The summed E-state index contributed by atoms with van der Waals surface area (Å²) in [5.74, 6) is -0.751. The van der Waals surface area contributed by atoms with E-state index in [9.17, 15) is 9.18 Å². The lowest BCUT2D eigenvalue weighted by Gasteiger charge is -2.26. The molecule has 1 aliphatic heterocycles. The van der Waals surface area contributed by atoms with E-state index in [1.54, 1.807) is 29.9 Å². The van der Waals surface area contributed by atoms with E-state index >= 15 is 0 Å². The molecule has 1 aromatic heterocycles. The van der Waals surface area contributed by atoms with Crippen molar-refractivity contribution in [2.75, 3.05) is 18.4 Å². The molecule has 20 heavy (non-hydrogen) atoms. The van der Waals surface area contributed by atoms with E-state index in [1.165, 1.54) is 6.07 Å². The highest BCUT2D eigenvalue weighted by Gasteiger charge is 2.21. The number of nitrogens with zero attached hydrogens (tertiary/aromatic N) is 3.